The first-order chi connectivity index (χ1) is 21.2. The summed E-state index contributed by atoms with van der Waals surface area (Å²) in [5, 5.41) is 23.6. The Kier molecular flexibility index (Phi) is 9.37. The minimum atomic E-state index is -1.56. The quantitative estimate of drug-likeness (QED) is 0.204. The fraction of sp³-hybridized carbons (Fsp3) is 0.0588. The molecule has 2 heterocycles. The van der Waals surface area contributed by atoms with Crippen molar-refractivity contribution >= 4 is 23.2 Å². The van der Waals surface area contributed by atoms with Gasteiger partial charge in [0.15, 0.2) is 0 Å². The molecule has 6 nitrogen and oxygen atoms in total. The Morgan fingerprint density at radius 3 is 1.09 bits per heavy atom. The molecule has 6 rings (SSSR count). The van der Waals surface area contributed by atoms with Crippen LogP contribution in [-0.4, -0.2) is 30.1 Å². The number of aliphatic hydroxyl groups is 2. The Bertz CT molecular complexity index is 1700. The molecular weight excluding hydrogens is 605 g/mol. The van der Waals surface area contributed by atoms with E-state index >= 15 is 0 Å². The van der Waals surface area contributed by atoms with Crippen molar-refractivity contribution in [3.8, 4) is 0 Å². The van der Waals surface area contributed by atoms with Gasteiger partial charge in [0.2, 0.25) is 0 Å². The first-order valence-corrected chi connectivity index (χ1v) is 14.0. The van der Waals surface area contributed by atoms with Crippen LogP contribution >= 0.6 is 23.2 Å². The van der Waals surface area contributed by atoms with Crippen LogP contribution in [0.25, 0.3) is 0 Å². The van der Waals surface area contributed by atoms with Crippen molar-refractivity contribution in [2.45, 2.75) is 11.2 Å². The highest BCUT2D eigenvalue weighted by molar-refractivity contribution is 6.31. The molecule has 0 bridgehead atoms. The van der Waals surface area contributed by atoms with E-state index in [9.17, 15) is 19.0 Å². The minimum Gasteiger partial charge on any atom is -0.376 e. The largest absolute Gasteiger partial charge is 0.376 e. The molecule has 0 unspecified atom stereocenters. The van der Waals surface area contributed by atoms with Crippen molar-refractivity contribution < 1.29 is 19.0 Å². The molecule has 0 fully saturated rings. The van der Waals surface area contributed by atoms with Crippen LogP contribution < -0.4 is 0 Å². The molecule has 2 N–H and O–H groups in total. The van der Waals surface area contributed by atoms with Gasteiger partial charge in [0.1, 0.15) is 35.5 Å². The monoisotopic (exact) mass is 628 g/mol. The Morgan fingerprint density at radius 1 is 0.455 bits per heavy atom. The van der Waals surface area contributed by atoms with E-state index < -0.39 is 11.2 Å². The van der Waals surface area contributed by atoms with Crippen molar-refractivity contribution in [1.29, 1.82) is 0 Å². The predicted molar refractivity (Wildman–Crippen MR) is 164 cm³/mol. The molecule has 2 aromatic heterocycles. The van der Waals surface area contributed by atoms with E-state index in [0.29, 0.717) is 43.4 Å². The molecule has 0 radical (unpaired) electrons. The summed E-state index contributed by atoms with van der Waals surface area (Å²) in [5.74, 6) is -0.760. The lowest BCUT2D eigenvalue weighted by Crippen LogP contribution is -2.29. The topological polar surface area (TPSA) is 92.0 Å². The lowest BCUT2D eigenvalue weighted by molar-refractivity contribution is 0.124. The maximum Gasteiger partial charge on any atom is 0.144 e. The Balaban J connectivity index is 0.000000175. The number of hydrogen-bond donors (Lipinski definition) is 2. The summed E-state index contributed by atoms with van der Waals surface area (Å²) < 4.78 is 26.5. The Labute approximate surface area is 262 Å². The average Bonchev–Trinajstić information content (AvgIpc) is 3.06. The Morgan fingerprint density at radius 2 is 0.773 bits per heavy atom. The lowest BCUT2D eigenvalue weighted by atomic mass is 9.81. The van der Waals surface area contributed by atoms with Crippen molar-refractivity contribution in [2.24, 2.45) is 0 Å². The highest BCUT2D eigenvalue weighted by Crippen LogP contribution is 2.40. The summed E-state index contributed by atoms with van der Waals surface area (Å²) >= 11 is 12.5. The van der Waals surface area contributed by atoms with Crippen molar-refractivity contribution in [2.75, 3.05) is 0 Å². The highest BCUT2D eigenvalue weighted by Gasteiger charge is 2.37. The third-order valence-corrected chi connectivity index (χ3v) is 7.67. The number of benzene rings is 4. The molecule has 44 heavy (non-hydrogen) atoms. The molecule has 0 spiro atoms. The summed E-state index contributed by atoms with van der Waals surface area (Å²) in [7, 11) is 0. The summed E-state index contributed by atoms with van der Waals surface area (Å²) in [6, 6.07) is 25.2. The van der Waals surface area contributed by atoms with Crippen LogP contribution in [0.2, 0.25) is 10.0 Å². The van der Waals surface area contributed by atoms with Crippen LogP contribution in [0.4, 0.5) is 8.78 Å². The SMILES string of the molecule is O[C@@](c1ccc(F)cc1)(c1cncnc1)c1ccccc1Cl.O[C@](c1ccc(F)cc1)(c1cncnc1)c1ccccc1Cl. The molecule has 10 heteroatoms. The zero-order valence-electron chi connectivity index (χ0n) is 22.9. The highest BCUT2D eigenvalue weighted by atomic mass is 35.5. The first-order valence-electron chi connectivity index (χ1n) is 13.2. The number of rotatable bonds is 6. The number of nitrogens with zero attached hydrogens (tertiary/aromatic N) is 4. The maximum absolute atomic E-state index is 13.2. The molecule has 220 valence electrons. The van der Waals surface area contributed by atoms with Crippen LogP contribution in [0.15, 0.2) is 135 Å². The molecule has 0 saturated heterocycles. The normalized spacial score (nSPS) is 13.6. The second-order valence-corrected chi connectivity index (χ2v) is 10.5. The van der Waals surface area contributed by atoms with Gasteiger partial charge in [0.05, 0.1) is 0 Å². The van der Waals surface area contributed by atoms with Gasteiger partial charge in [0.25, 0.3) is 0 Å². The fourth-order valence-corrected chi connectivity index (χ4v) is 5.36. The fourth-order valence-electron chi connectivity index (χ4n) is 4.82. The molecule has 4 aromatic carbocycles. The van der Waals surface area contributed by atoms with Crippen LogP contribution in [0, 0.1) is 11.6 Å². The molecule has 6 aromatic rings. The van der Waals surface area contributed by atoms with Gasteiger partial charge in [-0.2, -0.15) is 0 Å². The second kappa shape index (κ2) is 13.4. The zero-order valence-corrected chi connectivity index (χ0v) is 24.4. The third-order valence-electron chi connectivity index (χ3n) is 7.01. The number of halogens is 4. The number of aromatic nitrogens is 4. The summed E-state index contributed by atoms with van der Waals surface area (Å²) in [4.78, 5) is 15.8. The van der Waals surface area contributed by atoms with Crippen LogP contribution in [0.1, 0.15) is 33.4 Å². The van der Waals surface area contributed by atoms with Gasteiger partial charge < -0.3 is 10.2 Å². The van der Waals surface area contributed by atoms with E-state index in [2.05, 4.69) is 19.9 Å². The Hall–Kier alpha value is -4.60. The zero-order chi connectivity index (χ0) is 31.2. The van der Waals surface area contributed by atoms with E-state index in [1.807, 2.05) is 0 Å². The van der Waals surface area contributed by atoms with Gasteiger partial charge >= 0.3 is 0 Å². The molecule has 0 amide bonds. The summed E-state index contributed by atoms with van der Waals surface area (Å²) in [5.41, 5.74) is -0.283. The van der Waals surface area contributed by atoms with Crippen LogP contribution in [0.3, 0.4) is 0 Å². The van der Waals surface area contributed by atoms with Gasteiger partial charge in [-0.15, -0.1) is 0 Å². The summed E-state index contributed by atoms with van der Waals surface area (Å²) in [6.07, 6.45) is 8.81. The molecule has 0 aliphatic heterocycles. The van der Waals surface area contributed by atoms with Gasteiger partial charge in [0, 0.05) is 57.1 Å². The average molecular weight is 629 g/mol. The minimum absolute atomic E-state index is 0.380. The molecule has 0 saturated carbocycles. The van der Waals surface area contributed by atoms with E-state index in [4.69, 9.17) is 23.2 Å². The van der Waals surface area contributed by atoms with Gasteiger partial charge in [-0.1, -0.05) is 83.9 Å². The van der Waals surface area contributed by atoms with Gasteiger partial charge in [-0.25, -0.2) is 28.7 Å². The van der Waals surface area contributed by atoms with Gasteiger partial charge in [-0.3, -0.25) is 0 Å². The number of hydrogen-bond acceptors (Lipinski definition) is 6. The third kappa shape index (κ3) is 6.20. The second-order valence-electron chi connectivity index (χ2n) is 9.65. The molecule has 2 atom stereocenters. The van der Waals surface area contributed by atoms with E-state index in [1.165, 1.54) is 86.0 Å². The molecular formula is C34H24Cl2F2N4O2. The van der Waals surface area contributed by atoms with Crippen molar-refractivity contribution in [3.05, 3.63) is 190 Å². The molecule has 0 aliphatic carbocycles. The maximum atomic E-state index is 13.2. The standard InChI is InChI=1S/2C17H12ClFN2O/c2*18-16-4-2-1-3-15(16)17(22,13-9-20-11-21-10-13)12-5-7-14(19)8-6-12/h2*1-11,22H/t2*17-/m10/s1. The first kappa shape index (κ1) is 30.8. The van der Waals surface area contributed by atoms with E-state index in [-0.39, 0.29) is 11.6 Å². The van der Waals surface area contributed by atoms with E-state index in [0.717, 1.165) is 0 Å². The predicted octanol–water partition coefficient (Wildman–Crippen LogP) is 7.11. The van der Waals surface area contributed by atoms with Crippen LogP contribution in [-0.2, 0) is 11.2 Å². The van der Waals surface area contributed by atoms with E-state index in [1.54, 1.807) is 48.5 Å². The molecule has 0 aliphatic rings. The summed E-state index contributed by atoms with van der Waals surface area (Å²) in [6.45, 7) is 0. The van der Waals surface area contributed by atoms with Crippen molar-refractivity contribution in [3.63, 3.8) is 0 Å². The van der Waals surface area contributed by atoms with Crippen LogP contribution in [0.5, 0.6) is 0 Å². The lowest BCUT2D eigenvalue weighted by Gasteiger charge is -2.30. The smallest absolute Gasteiger partial charge is 0.144 e. The van der Waals surface area contributed by atoms with Crippen molar-refractivity contribution in [1.82, 2.24) is 19.9 Å². The van der Waals surface area contributed by atoms with Gasteiger partial charge in [-0.05, 0) is 47.5 Å².